The van der Waals surface area contributed by atoms with E-state index >= 15 is 4.39 Å². The highest BCUT2D eigenvalue weighted by Gasteiger charge is 2.36. The highest BCUT2D eigenvalue weighted by molar-refractivity contribution is 7.90. The molecule has 3 heterocycles. The number of sulfone groups is 1. The third-order valence-corrected chi connectivity index (χ3v) is 8.30. The number of methoxy groups -OCH3 is 1. The molecular formula is C28H33F4N5O3S. The molecule has 3 atom stereocenters. The minimum absolute atomic E-state index is 0.0222. The lowest BCUT2D eigenvalue weighted by Crippen LogP contribution is -2.44. The summed E-state index contributed by atoms with van der Waals surface area (Å²) in [5, 5.41) is 6.17. The van der Waals surface area contributed by atoms with Gasteiger partial charge in [0.2, 0.25) is 0 Å². The Labute approximate surface area is 237 Å². The van der Waals surface area contributed by atoms with Gasteiger partial charge in [0.15, 0.2) is 9.84 Å². The van der Waals surface area contributed by atoms with Crippen LogP contribution in [-0.4, -0.2) is 82.1 Å². The average molecular weight is 596 g/mol. The van der Waals surface area contributed by atoms with Crippen LogP contribution >= 0.6 is 0 Å². The van der Waals surface area contributed by atoms with Crippen LogP contribution in [0.2, 0.25) is 0 Å². The maximum atomic E-state index is 15.1. The first-order valence-corrected chi connectivity index (χ1v) is 14.9. The number of benzene rings is 1. The molecule has 1 aromatic carbocycles. The molecule has 3 aromatic rings. The Kier molecular flexibility index (Phi) is 9.16. The number of piperidine rings is 1. The van der Waals surface area contributed by atoms with Gasteiger partial charge in [-0.25, -0.2) is 17.8 Å². The lowest BCUT2D eigenvalue weighted by Gasteiger charge is -2.37. The second-order valence-electron chi connectivity index (χ2n) is 10.1. The van der Waals surface area contributed by atoms with Crippen molar-refractivity contribution in [1.29, 1.82) is 0 Å². The van der Waals surface area contributed by atoms with E-state index in [-0.39, 0.29) is 41.0 Å². The molecule has 8 nitrogen and oxygen atoms in total. The van der Waals surface area contributed by atoms with Crippen LogP contribution in [0.1, 0.15) is 29.4 Å². The van der Waals surface area contributed by atoms with E-state index in [1.165, 1.54) is 35.9 Å². The smallest absolute Gasteiger partial charge is 0.394 e. The van der Waals surface area contributed by atoms with Crippen molar-refractivity contribution in [3.8, 4) is 17.6 Å². The molecule has 41 heavy (non-hydrogen) atoms. The zero-order valence-corrected chi connectivity index (χ0v) is 24.0. The first-order valence-electron chi connectivity index (χ1n) is 13.0. The summed E-state index contributed by atoms with van der Waals surface area (Å²) in [4.78, 5) is 6.52. The summed E-state index contributed by atoms with van der Waals surface area (Å²) in [7, 11) is 1.53. The second kappa shape index (κ2) is 12.3. The second-order valence-corrected chi connectivity index (χ2v) is 12.2. The predicted octanol–water partition coefficient (Wildman–Crippen LogP) is 3.87. The van der Waals surface area contributed by atoms with Crippen molar-refractivity contribution in [3.05, 3.63) is 53.5 Å². The van der Waals surface area contributed by atoms with Crippen LogP contribution in [0.5, 0.6) is 5.75 Å². The normalized spacial score (nSPS) is 19.0. The molecule has 0 aliphatic carbocycles. The molecule has 0 bridgehead atoms. The molecule has 2 aromatic heterocycles. The van der Waals surface area contributed by atoms with Gasteiger partial charge >= 0.3 is 6.18 Å². The SMILES string of the molecule is CN[C@H](c1cccn2c(CC(F)(F)F)c(C#CCNc3ccc(S(C)(=O)=O)cc3OC)nc12)[C@@H]1CCN(C)C[C@@H]1F. The fourth-order valence-electron chi connectivity index (χ4n) is 5.21. The van der Waals surface area contributed by atoms with E-state index in [1.54, 1.807) is 19.2 Å². The van der Waals surface area contributed by atoms with E-state index in [0.29, 0.717) is 29.9 Å². The molecule has 13 heteroatoms. The van der Waals surface area contributed by atoms with Crippen LogP contribution in [0.25, 0.3) is 5.65 Å². The maximum Gasteiger partial charge on any atom is 0.394 e. The summed E-state index contributed by atoms with van der Waals surface area (Å²) < 4.78 is 86.2. The number of imidazole rings is 1. The molecule has 1 fully saturated rings. The largest absolute Gasteiger partial charge is 0.495 e. The molecule has 1 aliphatic heterocycles. The van der Waals surface area contributed by atoms with Gasteiger partial charge in [-0.15, -0.1) is 0 Å². The third kappa shape index (κ3) is 7.12. The van der Waals surface area contributed by atoms with E-state index < -0.39 is 34.6 Å². The molecule has 1 saturated heterocycles. The van der Waals surface area contributed by atoms with Gasteiger partial charge in [-0.3, -0.25) is 0 Å². The first kappa shape index (κ1) is 30.6. The number of rotatable bonds is 8. The Morgan fingerprint density at radius 1 is 1.27 bits per heavy atom. The number of anilines is 1. The number of likely N-dealkylation sites (tertiary alicyclic amines) is 1. The number of fused-ring (bicyclic) bond motifs is 1. The molecule has 2 N–H and O–H groups in total. The van der Waals surface area contributed by atoms with Crippen molar-refractivity contribution < 1.29 is 30.7 Å². The standard InChI is InChI=1S/C28H33F4N5O3S/c1-33-26(19-11-14-36(2)17-21(19)29)20-7-6-13-37-24(16-28(30,31)32)22(35-27(20)37)8-5-12-34-23-10-9-18(41(4,38)39)15-25(23)40-3/h6-7,9-10,13,15,19,21,26,33-34H,11-12,14,16-17H2,1-4H3/t19-,21+,26+/m1/s1. The number of hydrogen-bond acceptors (Lipinski definition) is 7. The summed E-state index contributed by atoms with van der Waals surface area (Å²) in [6, 6.07) is 7.28. The number of ether oxygens (including phenoxy) is 1. The molecule has 0 saturated carbocycles. The maximum absolute atomic E-state index is 15.1. The Morgan fingerprint density at radius 2 is 2.02 bits per heavy atom. The fourth-order valence-corrected chi connectivity index (χ4v) is 5.84. The molecule has 0 radical (unpaired) electrons. The van der Waals surface area contributed by atoms with Gasteiger partial charge < -0.3 is 24.7 Å². The van der Waals surface area contributed by atoms with Crippen molar-refractivity contribution in [2.75, 3.05) is 52.4 Å². The molecular weight excluding hydrogens is 562 g/mol. The van der Waals surface area contributed by atoms with Gasteiger partial charge in [-0.05, 0) is 51.2 Å². The molecule has 4 rings (SSSR count). The zero-order chi connectivity index (χ0) is 29.9. The molecule has 0 amide bonds. The minimum atomic E-state index is -4.50. The summed E-state index contributed by atoms with van der Waals surface area (Å²) in [6.45, 7) is 1.02. The van der Waals surface area contributed by atoms with Crippen LogP contribution in [-0.2, 0) is 16.3 Å². The number of pyridine rings is 1. The van der Waals surface area contributed by atoms with Gasteiger partial charge in [0.1, 0.15) is 23.3 Å². The lowest BCUT2D eigenvalue weighted by molar-refractivity contribution is -0.128. The number of aromatic nitrogens is 2. The quantitative estimate of drug-likeness (QED) is 0.302. The number of nitrogens with zero attached hydrogens (tertiary/aromatic N) is 3. The third-order valence-electron chi connectivity index (χ3n) is 7.19. The Morgan fingerprint density at radius 3 is 2.66 bits per heavy atom. The number of hydrogen-bond donors (Lipinski definition) is 2. The molecule has 222 valence electrons. The van der Waals surface area contributed by atoms with Gasteiger partial charge in [0.25, 0.3) is 0 Å². The van der Waals surface area contributed by atoms with Gasteiger partial charge in [0, 0.05) is 42.6 Å². The lowest BCUT2D eigenvalue weighted by atomic mass is 9.84. The van der Waals surface area contributed by atoms with E-state index in [9.17, 15) is 21.6 Å². The Balaban J connectivity index is 1.67. The van der Waals surface area contributed by atoms with Crippen molar-refractivity contribution in [3.63, 3.8) is 0 Å². The number of alkyl halides is 4. The Hall–Kier alpha value is -3.34. The predicted molar refractivity (Wildman–Crippen MR) is 149 cm³/mol. The number of nitrogens with one attached hydrogen (secondary N) is 2. The van der Waals surface area contributed by atoms with Crippen LogP contribution in [0.15, 0.2) is 41.4 Å². The summed E-state index contributed by atoms with van der Waals surface area (Å²) in [5.74, 6) is 5.49. The van der Waals surface area contributed by atoms with Gasteiger partial charge in [-0.2, -0.15) is 13.2 Å². The van der Waals surface area contributed by atoms with Gasteiger partial charge in [0.05, 0.1) is 36.4 Å². The highest BCUT2D eigenvalue weighted by atomic mass is 32.2. The molecule has 0 unspecified atom stereocenters. The van der Waals surface area contributed by atoms with Gasteiger partial charge in [-0.1, -0.05) is 12.0 Å². The van der Waals surface area contributed by atoms with E-state index in [2.05, 4.69) is 27.5 Å². The fraction of sp³-hybridized carbons (Fsp3) is 0.464. The monoisotopic (exact) mass is 595 g/mol. The molecule has 0 spiro atoms. The van der Waals surface area contributed by atoms with E-state index in [1.807, 2.05) is 11.9 Å². The number of halogens is 4. The summed E-state index contributed by atoms with van der Waals surface area (Å²) in [6.07, 6.45) is -3.66. The van der Waals surface area contributed by atoms with Crippen LogP contribution in [0.4, 0.5) is 23.2 Å². The van der Waals surface area contributed by atoms with Crippen molar-refractivity contribution in [2.24, 2.45) is 5.92 Å². The molecule has 1 aliphatic rings. The average Bonchev–Trinajstić information content (AvgIpc) is 3.24. The zero-order valence-electron chi connectivity index (χ0n) is 23.2. The highest BCUT2D eigenvalue weighted by Crippen LogP contribution is 2.35. The van der Waals surface area contributed by atoms with E-state index in [0.717, 1.165) is 6.26 Å². The van der Waals surface area contributed by atoms with E-state index in [4.69, 9.17) is 4.74 Å². The topological polar surface area (TPSA) is 88.0 Å². The van der Waals surface area contributed by atoms with Crippen LogP contribution in [0, 0.1) is 17.8 Å². The van der Waals surface area contributed by atoms with Crippen molar-refractivity contribution in [2.45, 2.75) is 36.1 Å². The Bertz CT molecular complexity index is 1560. The summed E-state index contributed by atoms with van der Waals surface area (Å²) in [5.41, 5.74) is 1.25. The van der Waals surface area contributed by atoms with Crippen LogP contribution < -0.4 is 15.4 Å². The van der Waals surface area contributed by atoms with Crippen molar-refractivity contribution >= 4 is 21.2 Å². The summed E-state index contributed by atoms with van der Waals surface area (Å²) >= 11 is 0. The first-order chi connectivity index (χ1) is 19.3. The minimum Gasteiger partial charge on any atom is -0.495 e. The van der Waals surface area contributed by atoms with Crippen molar-refractivity contribution in [1.82, 2.24) is 19.6 Å². The van der Waals surface area contributed by atoms with Crippen LogP contribution in [0.3, 0.4) is 0 Å².